The molecule has 0 saturated heterocycles. The van der Waals surface area contributed by atoms with E-state index in [1.54, 1.807) is 0 Å². The van der Waals surface area contributed by atoms with Crippen LogP contribution in [0.4, 0.5) is 18.9 Å². The third kappa shape index (κ3) is 4.58. The largest absolute Gasteiger partial charge is 0.398 e. The van der Waals surface area contributed by atoms with Crippen LogP contribution in [-0.4, -0.2) is 22.6 Å². The van der Waals surface area contributed by atoms with E-state index in [4.69, 9.17) is 40.5 Å². The van der Waals surface area contributed by atoms with Crippen LogP contribution in [0.15, 0.2) is 22.0 Å². The Kier molecular flexibility index (Phi) is 4.93. The summed E-state index contributed by atoms with van der Waals surface area (Å²) in [5.74, 6) is -0.841. The van der Waals surface area contributed by atoms with E-state index >= 15 is 0 Å². The summed E-state index contributed by atoms with van der Waals surface area (Å²) in [4.78, 5) is 3.71. The molecule has 2 rings (SSSR count). The van der Waals surface area contributed by atoms with Crippen molar-refractivity contribution in [3.05, 3.63) is 22.2 Å². The van der Waals surface area contributed by atoms with Gasteiger partial charge in [0.1, 0.15) is 10.7 Å². The highest BCUT2D eigenvalue weighted by Gasteiger charge is 2.44. The molecule has 0 amide bonds. The lowest BCUT2D eigenvalue weighted by Crippen LogP contribution is -2.25. The molecule has 116 valence electrons. The molecule has 0 heterocycles. The zero-order valence-corrected chi connectivity index (χ0v) is 13.6. The van der Waals surface area contributed by atoms with Gasteiger partial charge in [0.15, 0.2) is 0 Å². The number of aliphatic imine (C=N–C) groups is 1. The van der Waals surface area contributed by atoms with Crippen molar-refractivity contribution in [2.24, 2.45) is 10.7 Å². The number of hydrogen-bond acceptors (Lipinski definition) is 2. The molecular formula is C12H10Cl3F3N2S. The first-order valence-corrected chi connectivity index (χ1v) is 7.95. The molecule has 1 aromatic rings. The van der Waals surface area contributed by atoms with Crippen molar-refractivity contribution in [2.45, 2.75) is 28.8 Å². The van der Waals surface area contributed by atoms with Gasteiger partial charge in [-0.25, -0.2) is 4.99 Å². The molecular weight excluding hydrogens is 368 g/mol. The van der Waals surface area contributed by atoms with Crippen LogP contribution in [0.1, 0.15) is 12.8 Å². The zero-order chi connectivity index (χ0) is 15.8. The summed E-state index contributed by atoms with van der Waals surface area (Å²) in [6.07, 6.45) is -2.86. The average Bonchev–Trinajstić information content (AvgIpc) is 3.09. The van der Waals surface area contributed by atoms with Gasteiger partial charge in [-0.15, -0.1) is 23.4 Å². The molecule has 2 nitrogen and oxygen atoms in total. The Hall–Kier alpha value is -0.300. The minimum Gasteiger partial charge on any atom is -0.386 e. The SMILES string of the molecule is NC(=Nc1cc(SCC(F)(F)F)c(Cl)cc1Cl)C1(Cl)CC1. The van der Waals surface area contributed by atoms with Gasteiger partial charge in [-0.2, -0.15) is 13.2 Å². The van der Waals surface area contributed by atoms with E-state index in [2.05, 4.69) is 4.99 Å². The average molecular weight is 378 g/mol. The molecule has 1 aliphatic carbocycles. The van der Waals surface area contributed by atoms with E-state index in [0.717, 1.165) is 0 Å². The topological polar surface area (TPSA) is 38.4 Å². The highest BCUT2D eigenvalue weighted by atomic mass is 35.5. The summed E-state index contributed by atoms with van der Waals surface area (Å²) in [5, 5.41) is 0.346. The van der Waals surface area contributed by atoms with E-state index in [1.807, 2.05) is 0 Å². The molecule has 1 fully saturated rings. The van der Waals surface area contributed by atoms with Gasteiger partial charge in [-0.3, -0.25) is 0 Å². The van der Waals surface area contributed by atoms with E-state index in [-0.39, 0.29) is 26.5 Å². The highest BCUT2D eigenvalue weighted by molar-refractivity contribution is 7.99. The number of thioether (sulfide) groups is 1. The number of halogens is 6. The number of hydrogen-bond donors (Lipinski definition) is 1. The molecule has 0 bridgehead atoms. The number of amidine groups is 1. The number of benzene rings is 1. The molecule has 2 N–H and O–H groups in total. The highest BCUT2D eigenvalue weighted by Crippen LogP contribution is 2.44. The summed E-state index contributed by atoms with van der Waals surface area (Å²) in [6.45, 7) is 0. The standard InChI is InChI=1S/C12H10Cl3F3N2S/c13-6-3-7(14)9(21-5-12(16,17)18)4-8(6)20-10(19)11(15)1-2-11/h3-4H,1-2,5H2,(H2,19,20). The fraction of sp³-hybridized carbons (Fsp3) is 0.417. The van der Waals surface area contributed by atoms with Gasteiger partial charge in [0, 0.05) is 4.90 Å². The molecule has 1 aliphatic rings. The lowest BCUT2D eigenvalue weighted by Gasteiger charge is -2.10. The smallest absolute Gasteiger partial charge is 0.386 e. The second kappa shape index (κ2) is 6.07. The molecule has 1 saturated carbocycles. The molecule has 21 heavy (non-hydrogen) atoms. The van der Waals surface area contributed by atoms with E-state index in [0.29, 0.717) is 24.6 Å². The number of rotatable bonds is 4. The normalized spacial score (nSPS) is 17.9. The summed E-state index contributed by atoms with van der Waals surface area (Å²) in [7, 11) is 0. The third-order valence-corrected chi connectivity index (χ3v) is 5.20. The van der Waals surface area contributed by atoms with Crippen LogP contribution in [0.5, 0.6) is 0 Å². The maximum absolute atomic E-state index is 12.3. The van der Waals surface area contributed by atoms with Crippen molar-refractivity contribution in [3.63, 3.8) is 0 Å². The van der Waals surface area contributed by atoms with Gasteiger partial charge in [-0.05, 0) is 25.0 Å². The first-order valence-electron chi connectivity index (χ1n) is 5.83. The van der Waals surface area contributed by atoms with Gasteiger partial charge in [-0.1, -0.05) is 23.2 Å². The fourth-order valence-corrected chi connectivity index (χ4v) is 2.91. The molecule has 0 radical (unpaired) electrons. The van der Waals surface area contributed by atoms with Gasteiger partial charge in [0.05, 0.1) is 21.5 Å². The quantitative estimate of drug-likeness (QED) is 0.330. The van der Waals surface area contributed by atoms with Gasteiger partial charge < -0.3 is 5.73 Å². The van der Waals surface area contributed by atoms with Crippen molar-refractivity contribution in [2.75, 3.05) is 5.75 Å². The van der Waals surface area contributed by atoms with Crippen molar-refractivity contribution in [1.82, 2.24) is 0 Å². The number of alkyl halides is 4. The van der Waals surface area contributed by atoms with Crippen molar-refractivity contribution >= 4 is 58.1 Å². The van der Waals surface area contributed by atoms with Crippen LogP contribution < -0.4 is 5.73 Å². The van der Waals surface area contributed by atoms with Crippen molar-refractivity contribution in [1.29, 1.82) is 0 Å². The molecule has 0 unspecified atom stereocenters. The Bertz CT molecular complexity index is 586. The molecule has 0 aliphatic heterocycles. The Morgan fingerprint density at radius 3 is 2.43 bits per heavy atom. The van der Waals surface area contributed by atoms with E-state index in [9.17, 15) is 13.2 Å². The summed E-state index contributed by atoms with van der Waals surface area (Å²) < 4.78 is 36.8. The fourth-order valence-electron chi connectivity index (χ4n) is 1.47. The second-order valence-electron chi connectivity index (χ2n) is 4.60. The monoisotopic (exact) mass is 376 g/mol. The van der Waals surface area contributed by atoms with Crippen LogP contribution in [-0.2, 0) is 0 Å². The zero-order valence-electron chi connectivity index (χ0n) is 10.5. The Labute approximate surface area is 138 Å². The van der Waals surface area contributed by atoms with Crippen molar-refractivity contribution in [3.8, 4) is 0 Å². The first-order chi connectivity index (χ1) is 9.61. The lowest BCUT2D eigenvalue weighted by molar-refractivity contribution is -0.105. The van der Waals surface area contributed by atoms with Crippen LogP contribution >= 0.6 is 46.6 Å². The minimum atomic E-state index is -4.29. The van der Waals surface area contributed by atoms with Crippen LogP contribution in [0.2, 0.25) is 10.0 Å². The Morgan fingerprint density at radius 1 is 1.29 bits per heavy atom. The summed E-state index contributed by atoms with van der Waals surface area (Å²) >= 11 is 18.6. The molecule has 1 aromatic carbocycles. The lowest BCUT2D eigenvalue weighted by atomic mass is 10.3. The predicted octanol–water partition coefficient (Wildman–Crippen LogP) is 5.41. The maximum atomic E-state index is 12.3. The number of nitrogens with two attached hydrogens (primary N) is 1. The van der Waals surface area contributed by atoms with E-state index in [1.165, 1.54) is 12.1 Å². The molecule has 0 aromatic heterocycles. The molecule has 9 heteroatoms. The van der Waals surface area contributed by atoms with Gasteiger partial charge in [0.2, 0.25) is 0 Å². The first kappa shape index (κ1) is 17.1. The van der Waals surface area contributed by atoms with Gasteiger partial charge >= 0.3 is 6.18 Å². The van der Waals surface area contributed by atoms with E-state index < -0.39 is 16.8 Å². The number of nitrogens with zero attached hydrogens (tertiary/aromatic N) is 1. The Balaban J connectivity index is 2.26. The van der Waals surface area contributed by atoms with Crippen LogP contribution in [0, 0.1) is 0 Å². The van der Waals surface area contributed by atoms with Crippen LogP contribution in [0.25, 0.3) is 0 Å². The molecule has 0 spiro atoms. The second-order valence-corrected chi connectivity index (χ2v) is 7.16. The predicted molar refractivity (Wildman–Crippen MR) is 82.3 cm³/mol. The summed E-state index contributed by atoms with van der Waals surface area (Å²) in [6, 6.07) is 2.73. The van der Waals surface area contributed by atoms with Crippen molar-refractivity contribution < 1.29 is 13.2 Å². The summed E-state index contributed by atoms with van der Waals surface area (Å²) in [5.41, 5.74) is 6.04. The Morgan fingerprint density at radius 2 is 1.90 bits per heavy atom. The maximum Gasteiger partial charge on any atom is 0.398 e. The van der Waals surface area contributed by atoms with Crippen LogP contribution in [0.3, 0.4) is 0 Å². The third-order valence-electron chi connectivity index (χ3n) is 2.78. The van der Waals surface area contributed by atoms with Gasteiger partial charge in [0.25, 0.3) is 0 Å². The molecule has 0 atom stereocenters. The minimum absolute atomic E-state index is 0.138.